The van der Waals surface area contributed by atoms with E-state index in [1.165, 1.54) is 17.8 Å². The molecule has 3 unspecified atom stereocenters. The van der Waals surface area contributed by atoms with Gasteiger partial charge in [0.15, 0.2) is 0 Å². The molecule has 1 heterocycles. The Balaban J connectivity index is 1.85. The van der Waals surface area contributed by atoms with Crippen molar-refractivity contribution in [3.05, 3.63) is 30.1 Å². The second kappa shape index (κ2) is 7.97. The Morgan fingerprint density at radius 1 is 1.41 bits per heavy atom. The first-order chi connectivity index (χ1) is 10.5. The van der Waals surface area contributed by atoms with Crippen LogP contribution in [0.25, 0.3) is 0 Å². The first-order valence-electron chi connectivity index (χ1n) is 7.89. The quantitative estimate of drug-likeness (QED) is 0.847. The summed E-state index contributed by atoms with van der Waals surface area (Å²) in [5, 5.41) is 0. The zero-order valence-electron chi connectivity index (χ0n) is 13.3. The second-order valence-corrected chi connectivity index (χ2v) is 7.27. The van der Waals surface area contributed by atoms with Crippen molar-refractivity contribution in [1.82, 2.24) is 4.90 Å². The van der Waals surface area contributed by atoms with Gasteiger partial charge in [0.1, 0.15) is 5.82 Å². The van der Waals surface area contributed by atoms with Gasteiger partial charge in [-0.25, -0.2) is 4.39 Å². The van der Waals surface area contributed by atoms with Gasteiger partial charge in [0.2, 0.25) is 5.91 Å². The lowest BCUT2D eigenvalue weighted by Crippen LogP contribution is -2.50. The summed E-state index contributed by atoms with van der Waals surface area (Å²) >= 11 is 1.40. The van der Waals surface area contributed by atoms with E-state index in [1.54, 1.807) is 12.1 Å². The third-order valence-electron chi connectivity index (χ3n) is 4.51. The van der Waals surface area contributed by atoms with Crippen LogP contribution >= 0.6 is 11.8 Å². The van der Waals surface area contributed by atoms with Crippen LogP contribution in [-0.2, 0) is 4.79 Å². The predicted octanol–water partition coefficient (Wildman–Crippen LogP) is 3.14. The van der Waals surface area contributed by atoms with E-state index in [-0.39, 0.29) is 17.8 Å². The third kappa shape index (κ3) is 4.23. The number of nitrogens with zero attached hydrogens (tertiary/aromatic N) is 1. The molecule has 0 spiro atoms. The van der Waals surface area contributed by atoms with Crippen molar-refractivity contribution < 1.29 is 9.18 Å². The van der Waals surface area contributed by atoms with Crippen LogP contribution in [0.15, 0.2) is 29.2 Å². The average Bonchev–Trinajstić information content (AvgIpc) is 2.49. The average molecular weight is 324 g/mol. The lowest BCUT2D eigenvalue weighted by molar-refractivity contribution is -0.136. The Labute approximate surface area is 136 Å². The van der Waals surface area contributed by atoms with Gasteiger partial charge >= 0.3 is 0 Å². The van der Waals surface area contributed by atoms with Crippen LogP contribution in [0.1, 0.15) is 26.7 Å². The smallest absolute Gasteiger partial charge is 0.223 e. The molecule has 2 rings (SSSR count). The number of hydrogen-bond donors (Lipinski definition) is 1. The van der Waals surface area contributed by atoms with Crippen LogP contribution in [0.5, 0.6) is 0 Å². The number of benzene rings is 1. The van der Waals surface area contributed by atoms with Crippen LogP contribution in [0.3, 0.4) is 0 Å². The zero-order chi connectivity index (χ0) is 16.1. The van der Waals surface area contributed by atoms with E-state index in [0.717, 1.165) is 13.0 Å². The molecule has 1 aliphatic rings. The first-order valence-corrected chi connectivity index (χ1v) is 8.88. The maximum absolute atomic E-state index is 13.5. The standard InChI is InChI=1S/C17H25FN2OS/c1-12-9-13(2)20(11-14(12)10-19)17(21)7-8-22-16-6-4-3-5-15(16)18/h3-6,12-14H,7-11,19H2,1-2H3. The van der Waals surface area contributed by atoms with Crippen molar-refractivity contribution in [1.29, 1.82) is 0 Å². The summed E-state index contributed by atoms with van der Waals surface area (Å²) in [5.41, 5.74) is 5.81. The largest absolute Gasteiger partial charge is 0.340 e. The highest BCUT2D eigenvalue weighted by molar-refractivity contribution is 7.99. The normalized spacial score (nSPS) is 25.3. The summed E-state index contributed by atoms with van der Waals surface area (Å²) < 4.78 is 13.5. The van der Waals surface area contributed by atoms with E-state index in [4.69, 9.17) is 5.73 Å². The molecule has 0 aliphatic carbocycles. The molecular weight excluding hydrogens is 299 g/mol. The summed E-state index contributed by atoms with van der Waals surface area (Å²) in [6, 6.07) is 6.95. The lowest BCUT2D eigenvalue weighted by Gasteiger charge is -2.41. The maximum Gasteiger partial charge on any atom is 0.223 e. The number of halogens is 1. The van der Waals surface area contributed by atoms with Crippen LogP contribution < -0.4 is 5.73 Å². The lowest BCUT2D eigenvalue weighted by atomic mass is 9.83. The summed E-state index contributed by atoms with van der Waals surface area (Å²) in [7, 11) is 0. The summed E-state index contributed by atoms with van der Waals surface area (Å²) in [6.07, 6.45) is 1.45. The van der Waals surface area contributed by atoms with Gasteiger partial charge in [0.25, 0.3) is 0 Å². The van der Waals surface area contributed by atoms with Gasteiger partial charge in [-0.15, -0.1) is 11.8 Å². The molecule has 1 aliphatic heterocycles. The Morgan fingerprint density at radius 2 is 2.14 bits per heavy atom. The Morgan fingerprint density at radius 3 is 2.82 bits per heavy atom. The van der Waals surface area contributed by atoms with E-state index in [9.17, 15) is 9.18 Å². The SMILES string of the molecule is CC1CC(C)N(C(=O)CCSc2ccccc2F)CC1CN. The number of nitrogens with two attached hydrogens (primary N) is 1. The maximum atomic E-state index is 13.5. The van der Waals surface area contributed by atoms with E-state index >= 15 is 0 Å². The molecule has 0 aromatic heterocycles. The zero-order valence-corrected chi connectivity index (χ0v) is 14.1. The summed E-state index contributed by atoms with van der Waals surface area (Å²) in [4.78, 5) is 15.0. The van der Waals surface area contributed by atoms with E-state index < -0.39 is 0 Å². The number of carbonyl (C=O) groups excluding carboxylic acids is 1. The number of piperidine rings is 1. The van der Waals surface area contributed by atoms with Gasteiger partial charge in [0, 0.05) is 29.7 Å². The molecule has 1 aromatic rings. The van der Waals surface area contributed by atoms with Gasteiger partial charge in [-0.05, 0) is 43.9 Å². The van der Waals surface area contributed by atoms with Crippen LogP contribution in [0.4, 0.5) is 4.39 Å². The Bertz CT molecular complexity index is 511. The van der Waals surface area contributed by atoms with Crippen molar-refractivity contribution in [3.8, 4) is 0 Å². The molecular formula is C17H25FN2OS. The van der Waals surface area contributed by atoms with E-state index in [0.29, 0.717) is 35.4 Å². The molecule has 0 bridgehead atoms. The molecule has 1 amide bonds. The van der Waals surface area contributed by atoms with Crippen molar-refractivity contribution in [2.75, 3.05) is 18.8 Å². The number of thioether (sulfide) groups is 1. The molecule has 0 saturated carbocycles. The molecule has 122 valence electrons. The van der Waals surface area contributed by atoms with Gasteiger partial charge < -0.3 is 10.6 Å². The topological polar surface area (TPSA) is 46.3 Å². The van der Waals surface area contributed by atoms with Gasteiger partial charge in [-0.2, -0.15) is 0 Å². The third-order valence-corrected chi connectivity index (χ3v) is 5.56. The minimum Gasteiger partial charge on any atom is -0.340 e. The minimum atomic E-state index is -0.219. The highest BCUT2D eigenvalue weighted by Gasteiger charge is 2.32. The molecule has 1 aromatic carbocycles. The van der Waals surface area contributed by atoms with Gasteiger partial charge in [0.05, 0.1) is 0 Å². The highest BCUT2D eigenvalue weighted by atomic mass is 32.2. The number of rotatable bonds is 5. The van der Waals surface area contributed by atoms with Crippen molar-refractivity contribution in [3.63, 3.8) is 0 Å². The minimum absolute atomic E-state index is 0.154. The molecule has 1 saturated heterocycles. The van der Waals surface area contributed by atoms with E-state index in [2.05, 4.69) is 13.8 Å². The van der Waals surface area contributed by atoms with Gasteiger partial charge in [-0.1, -0.05) is 19.1 Å². The number of likely N-dealkylation sites (tertiary alicyclic amines) is 1. The molecule has 3 atom stereocenters. The first kappa shape index (κ1) is 17.3. The molecule has 1 fully saturated rings. The van der Waals surface area contributed by atoms with E-state index in [1.807, 2.05) is 11.0 Å². The molecule has 3 nitrogen and oxygen atoms in total. The molecule has 22 heavy (non-hydrogen) atoms. The molecule has 0 radical (unpaired) electrons. The summed E-state index contributed by atoms with van der Waals surface area (Å²) in [6.45, 7) is 5.69. The van der Waals surface area contributed by atoms with Gasteiger partial charge in [-0.3, -0.25) is 4.79 Å². The van der Waals surface area contributed by atoms with Crippen LogP contribution in [0, 0.1) is 17.7 Å². The monoisotopic (exact) mass is 324 g/mol. The van der Waals surface area contributed by atoms with Crippen molar-refractivity contribution in [2.45, 2.75) is 37.6 Å². The molecule has 5 heteroatoms. The highest BCUT2D eigenvalue weighted by Crippen LogP contribution is 2.28. The number of hydrogen-bond acceptors (Lipinski definition) is 3. The fourth-order valence-corrected chi connectivity index (χ4v) is 3.96. The molecule has 2 N–H and O–H groups in total. The number of carbonyl (C=O) groups is 1. The fourth-order valence-electron chi connectivity index (χ4n) is 3.08. The predicted molar refractivity (Wildman–Crippen MR) is 89.2 cm³/mol. The second-order valence-electron chi connectivity index (χ2n) is 6.13. The Kier molecular flexibility index (Phi) is 6.26. The van der Waals surface area contributed by atoms with Crippen LogP contribution in [0.2, 0.25) is 0 Å². The fraction of sp³-hybridized carbons (Fsp3) is 0.588. The van der Waals surface area contributed by atoms with Crippen molar-refractivity contribution in [2.24, 2.45) is 17.6 Å². The summed E-state index contributed by atoms with van der Waals surface area (Å²) in [5.74, 6) is 1.49. The van der Waals surface area contributed by atoms with Crippen LogP contribution in [-0.4, -0.2) is 35.7 Å². The number of amides is 1. The van der Waals surface area contributed by atoms with Crippen molar-refractivity contribution >= 4 is 17.7 Å². The Hall–Kier alpha value is -1.07.